The molecule has 1 atom stereocenters. The van der Waals surface area contributed by atoms with Crippen LogP contribution < -0.4 is 9.64 Å². The summed E-state index contributed by atoms with van der Waals surface area (Å²) < 4.78 is 10.5. The Kier molecular flexibility index (Phi) is 7.36. The predicted octanol–water partition coefficient (Wildman–Crippen LogP) is 5.85. The van der Waals surface area contributed by atoms with E-state index in [1.165, 1.54) is 30.2 Å². The van der Waals surface area contributed by atoms with Crippen LogP contribution >= 0.6 is 11.6 Å². The van der Waals surface area contributed by atoms with Crippen LogP contribution in [0.25, 0.3) is 5.76 Å². The fourth-order valence-corrected chi connectivity index (χ4v) is 4.45. The number of rotatable bonds is 6. The third-order valence-corrected chi connectivity index (χ3v) is 6.26. The molecule has 1 N–H and O–H groups in total. The fraction of sp³-hybridized carbons (Fsp3) is 0.207. The third kappa shape index (κ3) is 5.08. The molecule has 7 nitrogen and oxygen atoms in total. The first-order valence-electron chi connectivity index (χ1n) is 11.6. The van der Waals surface area contributed by atoms with Crippen LogP contribution in [-0.4, -0.2) is 36.0 Å². The van der Waals surface area contributed by atoms with Crippen molar-refractivity contribution in [3.8, 4) is 5.75 Å². The van der Waals surface area contributed by atoms with Gasteiger partial charge in [-0.05, 0) is 68.8 Å². The van der Waals surface area contributed by atoms with E-state index in [0.717, 1.165) is 5.56 Å². The molecule has 0 aromatic heterocycles. The van der Waals surface area contributed by atoms with E-state index in [1.807, 2.05) is 25.1 Å². The summed E-state index contributed by atoms with van der Waals surface area (Å²) >= 11 is 6.14. The zero-order chi connectivity index (χ0) is 26.9. The van der Waals surface area contributed by atoms with Gasteiger partial charge in [-0.1, -0.05) is 41.4 Å². The Morgan fingerprint density at radius 3 is 2.30 bits per heavy atom. The van der Waals surface area contributed by atoms with Gasteiger partial charge in [-0.15, -0.1) is 0 Å². The maximum atomic E-state index is 13.4. The van der Waals surface area contributed by atoms with Crippen molar-refractivity contribution in [3.05, 3.63) is 99.6 Å². The number of carbonyl (C=O) groups excluding carboxylic acids is 3. The molecule has 0 saturated carbocycles. The smallest absolute Gasteiger partial charge is 0.338 e. The van der Waals surface area contributed by atoms with Crippen LogP contribution in [0.3, 0.4) is 0 Å². The summed E-state index contributed by atoms with van der Waals surface area (Å²) in [5.41, 5.74) is 2.48. The molecule has 3 aromatic carbocycles. The molecule has 1 aliphatic rings. The number of benzene rings is 3. The molecule has 0 bridgehead atoms. The molecule has 1 unspecified atom stereocenters. The second-order valence-corrected chi connectivity index (χ2v) is 9.34. The van der Waals surface area contributed by atoms with Gasteiger partial charge in [0.2, 0.25) is 0 Å². The van der Waals surface area contributed by atoms with Crippen LogP contribution in [0.1, 0.15) is 46.9 Å². The number of halogens is 1. The van der Waals surface area contributed by atoms with Gasteiger partial charge >= 0.3 is 5.97 Å². The highest BCUT2D eigenvalue weighted by Gasteiger charge is 2.47. The number of nitrogens with zero attached hydrogens (tertiary/aromatic N) is 1. The number of ketones is 1. The van der Waals surface area contributed by atoms with Crippen molar-refractivity contribution >= 4 is 40.7 Å². The molecular formula is C29H26ClNO6. The quantitative estimate of drug-likeness (QED) is 0.190. The van der Waals surface area contributed by atoms with Crippen molar-refractivity contribution in [2.75, 3.05) is 12.0 Å². The van der Waals surface area contributed by atoms with Gasteiger partial charge < -0.3 is 14.6 Å². The number of aliphatic hydroxyl groups is 1. The molecule has 1 aliphatic heterocycles. The third-order valence-electron chi connectivity index (χ3n) is 5.95. The summed E-state index contributed by atoms with van der Waals surface area (Å²) in [5, 5.41) is 11.6. The molecule has 8 heteroatoms. The summed E-state index contributed by atoms with van der Waals surface area (Å²) in [6, 6.07) is 17.3. The predicted molar refractivity (Wildman–Crippen MR) is 141 cm³/mol. The minimum absolute atomic E-state index is 0.0664. The maximum absolute atomic E-state index is 13.4. The Morgan fingerprint density at radius 2 is 1.68 bits per heavy atom. The summed E-state index contributed by atoms with van der Waals surface area (Å²) in [6.45, 7) is 5.41. The molecule has 4 rings (SSSR count). The van der Waals surface area contributed by atoms with Crippen LogP contribution in [0.2, 0.25) is 5.02 Å². The molecule has 0 aliphatic carbocycles. The number of Topliss-reactive ketones (excluding diaryl/α,β-unsaturated/α-hetero) is 1. The van der Waals surface area contributed by atoms with E-state index in [-0.39, 0.29) is 23.0 Å². The van der Waals surface area contributed by atoms with Gasteiger partial charge in [0, 0.05) is 11.3 Å². The fourth-order valence-electron chi connectivity index (χ4n) is 4.26. The molecule has 1 saturated heterocycles. The Labute approximate surface area is 219 Å². The summed E-state index contributed by atoms with van der Waals surface area (Å²) in [6.07, 6.45) is -0.280. The molecule has 3 aromatic rings. The minimum Gasteiger partial charge on any atom is -0.507 e. The van der Waals surface area contributed by atoms with Crippen molar-refractivity contribution in [1.29, 1.82) is 0 Å². The Morgan fingerprint density at radius 1 is 1.00 bits per heavy atom. The molecular weight excluding hydrogens is 494 g/mol. The zero-order valence-corrected chi connectivity index (χ0v) is 21.6. The second kappa shape index (κ2) is 10.5. The van der Waals surface area contributed by atoms with Crippen LogP contribution in [-0.2, 0) is 14.3 Å². The lowest BCUT2D eigenvalue weighted by Gasteiger charge is -2.26. The molecule has 37 heavy (non-hydrogen) atoms. The van der Waals surface area contributed by atoms with Crippen LogP contribution in [0.15, 0.2) is 72.3 Å². The Balaban J connectivity index is 1.86. The number of hydrogen-bond acceptors (Lipinski definition) is 6. The number of methoxy groups -OCH3 is 1. The zero-order valence-electron chi connectivity index (χ0n) is 20.8. The summed E-state index contributed by atoms with van der Waals surface area (Å²) in [7, 11) is 1.44. The molecule has 1 amide bonds. The molecule has 1 fully saturated rings. The molecule has 190 valence electrons. The lowest BCUT2D eigenvalue weighted by atomic mass is 9.94. The lowest BCUT2D eigenvalue weighted by Crippen LogP contribution is -2.29. The minimum atomic E-state index is -0.907. The van der Waals surface area contributed by atoms with E-state index < -0.39 is 23.7 Å². The van der Waals surface area contributed by atoms with Crippen LogP contribution in [0.4, 0.5) is 5.69 Å². The van der Waals surface area contributed by atoms with Gasteiger partial charge in [-0.2, -0.15) is 0 Å². The van der Waals surface area contributed by atoms with Crippen molar-refractivity contribution in [1.82, 2.24) is 0 Å². The number of hydrogen-bond donors (Lipinski definition) is 1. The lowest BCUT2D eigenvalue weighted by molar-refractivity contribution is -0.132. The number of anilines is 1. The van der Waals surface area contributed by atoms with Gasteiger partial charge in [-0.25, -0.2) is 4.79 Å². The Bertz CT molecular complexity index is 1410. The average molecular weight is 520 g/mol. The molecule has 0 radical (unpaired) electrons. The number of amides is 1. The standard InChI is InChI=1S/C29H26ClNO6/c1-16(2)37-29(35)18-8-11-21(12-9-18)31-25(19-7-5-6-17(3)14-19)24(27(33)28(31)34)26(32)20-10-13-22(30)23(15-20)36-4/h5-16,25,32H,1-4H3/b26-24-. The number of ether oxygens (including phenoxy) is 2. The van der Waals surface area contributed by atoms with Crippen molar-refractivity contribution < 1.29 is 29.0 Å². The number of aryl methyl sites for hydroxylation is 1. The molecule has 0 spiro atoms. The summed E-state index contributed by atoms with van der Waals surface area (Å²) in [4.78, 5) is 40.3. The van der Waals surface area contributed by atoms with Gasteiger partial charge in [0.25, 0.3) is 11.7 Å². The number of carbonyl (C=O) groups is 3. The monoisotopic (exact) mass is 519 g/mol. The SMILES string of the molecule is COc1cc(/C(O)=C2/C(=O)C(=O)N(c3ccc(C(=O)OC(C)C)cc3)C2c2cccc(C)c2)ccc1Cl. The second-order valence-electron chi connectivity index (χ2n) is 8.93. The molecule has 1 heterocycles. The highest BCUT2D eigenvalue weighted by molar-refractivity contribution is 6.51. The van der Waals surface area contributed by atoms with Gasteiger partial charge in [0.15, 0.2) is 0 Å². The topological polar surface area (TPSA) is 93.1 Å². The number of esters is 1. The van der Waals surface area contributed by atoms with Gasteiger partial charge in [0.05, 0.1) is 35.4 Å². The van der Waals surface area contributed by atoms with Crippen molar-refractivity contribution in [2.45, 2.75) is 32.9 Å². The van der Waals surface area contributed by atoms with Crippen molar-refractivity contribution in [2.24, 2.45) is 0 Å². The van der Waals surface area contributed by atoms with E-state index in [1.54, 1.807) is 44.2 Å². The first-order valence-corrected chi connectivity index (χ1v) is 12.0. The normalized spacial score (nSPS) is 16.8. The Hall–Kier alpha value is -4.10. The van der Waals surface area contributed by atoms with E-state index >= 15 is 0 Å². The summed E-state index contributed by atoms with van der Waals surface area (Å²) in [5.74, 6) is -2.15. The van der Waals surface area contributed by atoms with Crippen molar-refractivity contribution in [3.63, 3.8) is 0 Å². The largest absolute Gasteiger partial charge is 0.507 e. The highest BCUT2D eigenvalue weighted by Crippen LogP contribution is 2.43. The van der Waals surface area contributed by atoms with E-state index in [2.05, 4.69) is 0 Å². The van der Waals surface area contributed by atoms with E-state index in [4.69, 9.17) is 21.1 Å². The van der Waals surface area contributed by atoms with Crippen LogP contribution in [0.5, 0.6) is 5.75 Å². The first-order chi connectivity index (χ1) is 17.6. The number of aliphatic hydroxyl groups excluding tert-OH is 1. The van der Waals surface area contributed by atoms with Crippen LogP contribution in [0, 0.1) is 6.92 Å². The average Bonchev–Trinajstić information content (AvgIpc) is 3.14. The highest BCUT2D eigenvalue weighted by atomic mass is 35.5. The first kappa shape index (κ1) is 26.0. The van der Waals surface area contributed by atoms with E-state index in [9.17, 15) is 19.5 Å². The maximum Gasteiger partial charge on any atom is 0.338 e. The van der Waals surface area contributed by atoms with Gasteiger partial charge in [-0.3, -0.25) is 14.5 Å². The van der Waals surface area contributed by atoms with E-state index in [0.29, 0.717) is 27.6 Å². The van der Waals surface area contributed by atoms with Gasteiger partial charge in [0.1, 0.15) is 11.5 Å².